The molecule has 0 radical (unpaired) electrons. The van der Waals surface area contributed by atoms with Gasteiger partial charge in [0, 0.05) is 21.9 Å². The fourth-order valence-electron chi connectivity index (χ4n) is 10.2. The number of rotatable bonds is 4. The number of fused-ring (bicyclic) bond motifs is 9. The minimum absolute atomic E-state index is 0.192. The van der Waals surface area contributed by atoms with Crippen LogP contribution in [-0.4, -0.2) is 0 Å². The Morgan fingerprint density at radius 1 is 0.346 bits per heavy atom. The Hall–Kier alpha value is -5.66. The molecule has 0 N–H and O–H groups in total. The summed E-state index contributed by atoms with van der Waals surface area (Å²) in [7, 11) is 0. The van der Waals surface area contributed by atoms with Crippen molar-refractivity contribution in [3.8, 4) is 44.5 Å². The lowest BCUT2D eigenvalue weighted by molar-refractivity contribution is 0.638. The fourth-order valence-corrected chi connectivity index (χ4v) is 10.2. The van der Waals surface area contributed by atoms with E-state index in [1.54, 1.807) is 0 Å². The van der Waals surface area contributed by atoms with Crippen LogP contribution in [0.3, 0.4) is 0 Å². The lowest BCUT2D eigenvalue weighted by Crippen LogP contribution is -2.27. The molecule has 0 aromatic heterocycles. The molecule has 252 valence electrons. The predicted octanol–water partition coefficient (Wildman–Crippen LogP) is 13.7. The molecule has 1 heteroatoms. The Labute approximate surface area is 308 Å². The van der Waals surface area contributed by atoms with E-state index >= 15 is 0 Å². The van der Waals surface area contributed by atoms with E-state index < -0.39 is 0 Å². The summed E-state index contributed by atoms with van der Waals surface area (Å²) in [5.74, 6) is 0. The SMILES string of the molecule is CC1(C)c2ccccc2-c2cccc(N(c3ccc(-c4ccccc4)cc3)c3c4c(cc5c3C(C)(C)c3ccccc3-5)-c3ccccc3C4(C)C)c21. The van der Waals surface area contributed by atoms with Crippen LogP contribution in [0.15, 0.2) is 152 Å². The maximum absolute atomic E-state index is 2.67. The lowest BCUT2D eigenvalue weighted by Gasteiger charge is -2.39. The minimum atomic E-state index is -0.222. The highest BCUT2D eigenvalue weighted by molar-refractivity contribution is 6.01. The van der Waals surface area contributed by atoms with Crippen LogP contribution in [0.4, 0.5) is 17.1 Å². The van der Waals surface area contributed by atoms with Gasteiger partial charge < -0.3 is 4.90 Å². The van der Waals surface area contributed by atoms with Crippen LogP contribution in [-0.2, 0) is 16.2 Å². The van der Waals surface area contributed by atoms with Crippen LogP contribution in [0.1, 0.15) is 74.9 Å². The van der Waals surface area contributed by atoms with E-state index in [-0.39, 0.29) is 16.2 Å². The van der Waals surface area contributed by atoms with Crippen LogP contribution < -0.4 is 4.90 Å². The molecule has 0 spiro atoms. The van der Waals surface area contributed by atoms with Crippen molar-refractivity contribution < 1.29 is 0 Å². The number of hydrogen-bond acceptors (Lipinski definition) is 1. The van der Waals surface area contributed by atoms with E-state index in [9.17, 15) is 0 Å². The van der Waals surface area contributed by atoms with Crippen molar-refractivity contribution in [1.82, 2.24) is 0 Å². The third kappa shape index (κ3) is 4.05. The van der Waals surface area contributed by atoms with Gasteiger partial charge in [0.25, 0.3) is 0 Å². The van der Waals surface area contributed by atoms with Crippen LogP contribution in [0.2, 0.25) is 0 Å². The largest absolute Gasteiger partial charge is 0.310 e. The van der Waals surface area contributed by atoms with E-state index in [2.05, 4.69) is 198 Å². The monoisotopic (exact) mass is 669 g/mol. The van der Waals surface area contributed by atoms with Gasteiger partial charge in [-0.3, -0.25) is 0 Å². The van der Waals surface area contributed by atoms with E-state index in [4.69, 9.17) is 0 Å². The Morgan fingerprint density at radius 2 is 0.769 bits per heavy atom. The summed E-state index contributed by atoms with van der Waals surface area (Å²) in [6.07, 6.45) is 0. The molecule has 10 rings (SSSR count). The molecule has 0 saturated heterocycles. The van der Waals surface area contributed by atoms with E-state index in [1.165, 1.54) is 95.0 Å². The zero-order chi connectivity index (χ0) is 35.6. The van der Waals surface area contributed by atoms with Gasteiger partial charge >= 0.3 is 0 Å². The zero-order valence-corrected chi connectivity index (χ0v) is 30.9. The van der Waals surface area contributed by atoms with Gasteiger partial charge in [0.05, 0.1) is 11.4 Å². The zero-order valence-electron chi connectivity index (χ0n) is 30.9. The molecule has 0 atom stereocenters. The Balaban J connectivity index is 1.35. The van der Waals surface area contributed by atoms with Crippen molar-refractivity contribution in [1.29, 1.82) is 0 Å². The van der Waals surface area contributed by atoms with Crippen LogP contribution in [0, 0.1) is 0 Å². The van der Waals surface area contributed by atoms with Gasteiger partial charge in [0.1, 0.15) is 0 Å². The smallest absolute Gasteiger partial charge is 0.0555 e. The molecule has 7 aromatic rings. The molecule has 0 fully saturated rings. The van der Waals surface area contributed by atoms with E-state index in [1.807, 2.05) is 0 Å². The van der Waals surface area contributed by atoms with Gasteiger partial charge in [-0.05, 0) is 102 Å². The topological polar surface area (TPSA) is 3.24 Å². The average molecular weight is 670 g/mol. The minimum Gasteiger partial charge on any atom is -0.310 e. The van der Waals surface area contributed by atoms with Gasteiger partial charge in [-0.15, -0.1) is 0 Å². The fraction of sp³-hybridized carbons (Fsp3) is 0.176. The lowest BCUT2D eigenvalue weighted by atomic mass is 9.75. The summed E-state index contributed by atoms with van der Waals surface area (Å²) in [5.41, 5.74) is 22.0. The maximum Gasteiger partial charge on any atom is 0.0555 e. The van der Waals surface area contributed by atoms with Crippen molar-refractivity contribution in [3.05, 3.63) is 185 Å². The first kappa shape index (κ1) is 31.1. The number of hydrogen-bond donors (Lipinski definition) is 0. The Morgan fingerprint density at radius 3 is 1.31 bits per heavy atom. The summed E-state index contributed by atoms with van der Waals surface area (Å²) >= 11 is 0. The third-order valence-electron chi connectivity index (χ3n) is 12.6. The predicted molar refractivity (Wildman–Crippen MR) is 219 cm³/mol. The molecule has 7 aromatic carbocycles. The maximum atomic E-state index is 2.67. The molecule has 0 heterocycles. The second kappa shape index (κ2) is 10.7. The van der Waals surface area contributed by atoms with Gasteiger partial charge in [0.2, 0.25) is 0 Å². The van der Waals surface area contributed by atoms with Gasteiger partial charge in [0.15, 0.2) is 0 Å². The van der Waals surface area contributed by atoms with Crippen LogP contribution in [0.25, 0.3) is 44.5 Å². The number of anilines is 3. The molecular formula is C51H43N. The first-order chi connectivity index (χ1) is 25.1. The van der Waals surface area contributed by atoms with Crippen molar-refractivity contribution >= 4 is 17.1 Å². The highest BCUT2D eigenvalue weighted by Crippen LogP contribution is 2.64. The van der Waals surface area contributed by atoms with E-state index in [0.717, 1.165) is 0 Å². The molecular weight excluding hydrogens is 627 g/mol. The van der Waals surface area contributed by atoms with Gasteiger partial charge in [-0.1, -0.05) is 169 Å². The molecule has 0 unspecified atom stereocenters. The molecule has 0 bridgehead atoms. The molecule has 3 aliphatic carbocycles. The van der Waals surface area contributed by atoms with Gasteiger partial charge in [-0.25, -0.2) is 0 Å². The summed E-state index contributed by atoms with van der Waals surface area (Å²) in [6.45, 7) is 14.6. The second-order valence-electron chi connectivity index (χ2n) is 16.5. The molecule has 1 nitrogen and oxygen atoms in total. The molecule has 0 amide bonds. The Kier molecular flexibility index (Phi) is 6.39. The highest BCUT2D eigenvalue weighted by atomic mass is 15.2. The van der Waals surface area contributed by atoms with Crippen molar-refractivity contribution in [2.75, 3.05) is 4.90 Å². The van der Waals surface area contributed by atoms with Crippen LogP contribution in [0.5, 0.6) is 0 Å². The third-order valence-corrected chi connectivity index (χ3v) is 12.6. The Bertz CT molecular complexity index is 2500. The van der Waals surface area contributed by atoms with Crippen molar-refractivity contribution in [3.63, 3.8) is 0 Å². The number of nitrogens with zero attached hydrogens (tertiary/aromatic N) is 1. The number of benzene rings is 7. The second-order valence-corrected chi connectivity index (χ2v) is 16.5. The van der Waals surface area contributed by atoms with E-state index in [0.29, 0.717) is 0 Å². The summed E-state index contributed by atoms with van der Waals surface area (Å²) < 4.78 is 0. The van der Waals surface area contributed by atoms with Crippen molar-refractivity contribution in [2.45, 2.75) is 57.8 Å². The molecule has 3 aliphatic rings. The summed E-state index contributed by atoms with van der Waals surface area (Å²) in [4.78, 5) is 2.67. The standard InChI is InChI=1S/C51H43N/c1-49(2)41-23-13-10-19-35(41)38-22-16-26-44(45(38)49)52(34-29-27-33(28-30-34)32-17-8-7-9-18-32)48-46-39(36-20-11-14-24-42(36)50(46,3)4)31-40-37-21-12-15-25-43(37)51(5,6)47(40)48/h7-31H,1-6H3. The summed E-state index contributed by atoms with van der Waals surface area (Å²) in [5, 5.41) is 0. The molecule has 0 saturated carbocycles. The highest BCUT2D eigenvalue weighted by Gasteiger charge is 2.48. The van der Waals surface area contributed by atoms with Crippen LogP contribution >= 0.6 is 0 Å². The van der Waals surface area contributed by atoms with Gasteiger partial charge in [-0.2, -0.15) is 0 Å². The summed E-state index contributed by atoms with van der Waals surface area (Å²) in [6, 6.07) is 56.8. The quantitative estimate of drug-likeness (QED) is 0.180. The average Bonchev–Trinajstić information content (AvgIpc) is 3.65. The first-order valence-corrected chi connectivity index (χ1v) is 18.7. The first-order valence-electron chi connectivity index (χ1n) is 18.7. The molecule has 0 aliphatic heterocycles. The molecule has 52 heavy (non-hydrogen) atoms. The van der Waals surface area contributed by atoms with Crippen molar-refractivity contribution in [2.24, 2.45) is 0 Å². The normalized spacial score (nSPS) is 16.0.